The number of hydrogen-bond donors (Lipinski definition) is 1. The first-order valence-corrected chi connectivity index (χ1v) is 8.90. The van der Waals surface area contributed by atoms with Crippen LogP contribution in [-0.2, 0) is 15.8 Å². The number of anilines is 1. The third-order valence-electron chi connectivity index (χ3n) is 2.99. The molecule has 21 heavy (non-hydrogen) atoms. The Morgan fingerprint density at radius 1 is 1.14 bits per heavy atom. The van der Waals surface area contributed by atoms with Gasteiger partial charge in [0.1, 0.15) is 0 Å². The average Bonchev–Trinajstić information content (AvgIpc) is 2.79. The van der Waals surface area contributed by atoms with Crippen LogP contribution in [0.15, 0.2) is 48.5 Å². The smallest absolute Gasteiger partial charge is 0.238 e. The van der Waals surface area contributed by atoms with E-state index < -0.39 is 10.0 Å². The van der Waals surface area contributed by atoms with Gasteiger partial charge in [-0.1, -0.05) is 47.7 Å². The summed E-state index contributed by atoms with van der Waals surface area (Å²) < 4.78 is 27.9. The second kappa shape index (κ2) is 5.46. The largest absolute Gasteiger partial charge is 0.258 e. The summed E-state index contributed by atoms with van der Waals surface area (Å²) >= 11 is 1.35. The molecule has 1 aromatic heterocycles. The number of sulfonamides is 1. The van der Waals surface area contributed by atoms with Gasteiger partial charge >= 0.3 is 0 Å². The summed E-state index contributed by atoms with van der Waals surface area (Å²) in [5.41, 5.74) is 2.69. The first-order valence-electron chi connectivity index (χ1n) is 6.43. The van der Waals surface area contributed by atoms with Gasteiger partial charge in [0.25, 0.3) is 0 Å². The molecule has 0 aliphatic heterocycles. The van der Waals surface area contributed by atoms with Crippen molar-refractivity contribution >= 4 is 36.7 Å². The van der Waals surface area contributed by atoms with Crippen molar-refractivity contribution in [1.29, 1.82) is 0 Å². The van der Waals surface area contributed by atoms with E-state index in [0.29, 0.717) is 5.13 Å². The van der Waals surface area contributed by atoms with E-state index in [4.69, 9.17) is 0 Å². The topological polar surface area (TPSA) is 59.1 Å². The van der Waals surface area contributed by atoms with Crippen molar-refractivity contribution in [2.24, 2.45) is 0 Å². The number of rotatable bonds is 4. The van der Waals surface area contributed by atoms with Crippen molar-refractivity contribution in [3.63, 3.8) is 0 Å². The fourth-order valence-electron chi connectivity index (χ4n) is 2.04. The number of aryl methyl sites for hydroxylation is 1. The van der Waals surface area contributed by atoms with Gasteiger partial charge in [0, 0.05) is 0 Å². The normalized spacial score (nSPS) is 11.7. The van der Waals surface area contributed by atoms with Crippen LogP contribution in [0.2, 0.25) is 0 Å². The van der Waals surface area contributed by atoms with Gasteiger partial charge in [0.2, 0.25) is 10.0 Å². The molecule has 6 heteroatoms. The maximum atomic E-state index is 12.2. The number of aromatic nitrogens is 1. The van der Waals surface area contributed by atoms with Crippen LogP contribution in [0.4, 0.5) is 5.13 Å². The Balaban J connectivity index is 1.83. The number of fused-ring (bicyclic) bond motifs is 1. The Morgan fingerprint density at radius 2 is 1.90 bits per heavy atom. The molecule has 0 spiro atoms. The molecule has 108 valence electrons. The Hall–Kier alpha value is -1.92. The van der Waals surface area contributed by atoms with Crippen molar-refractivity contribution < 1.29 is 8.42 Å². The van der Waals surface area contributed by atoms with Crippen LogP contribution in [0.1, 0.15) is 11.1 Å². The summed E-state index contributed by atoms with van der Waals surface area (Å²) in [6.07, 6.45) is 0. The summed E-state index contributed by atoms with van der Waals surface area (Å²) in [4.78, 5) is 4.31. The van der Waals surface area contributed by atoms with E-state index in [1.54, 1.807) is 12.1 Å². The lowest BCUT2D eigenvalue weighted by Crippen LogP contribution is -2.14. The highest BCUT2D eigenvalue weighted by molar-refractivity contribution is 7.92. The average molecular weight is 318 g/mol. The van der Waals surface area contributed by atoms with Crippen molar-refractivity contribution in [2.45, 2.75) is 12.7 Å². The third kappa shape index (κ3) is 3.40. The van der Waals surface area contributed by atoms with Gasteiger partial charge in [-0.15, -0.1) is 0 Å². The molecule has 1 N–H and O–H groups in total. The molecule has 0 saturated heterocycles. The lowest BCUT2D eigenvalue weighted by Gasteiger charge is -2.04. The molecular formula is C15H14N2O2S2. The monoisotopic (exact) mass is 318 g/mol. The maximum Gasteiger partial charge on any atom is 0.238 e. The minimum absolute atomic E-state index is 0.0528. The minimum Gasteiger partial charge on any atom is -0.258 e. The standard InChI is InChI=1S/C15H14N2O2S2/c1-11-7-8-13-14(9-11)20-15(16-13)17-21(18,19)10-12-5-3-2-4-6-12/h2-9H,10H2,1H3,(H,16,17). The van der Waals surface area contributed by atoms with Crippen LogP contribution in [0.5, 0.6) is 0 Å². The summed E-state index contributed by atoms with van der Waals surface area (Å²) in [6, 6.07) is 15.0. The minimum atomic E-state index is -3.45. The fraction of sp³-hybridized carbons (Fsp3) is 0.133. The van der Waals surface area contributed by atoms with Crippen LogP contribution in [0.25, 0.3) is 10.2 Å². The van der Waals surface area contributed by atoms with Crippen molar-refractivity contribution in [3.8, 4) is 0 Å². The summed E-state index contributed by atoms with van der Waals surface area (Å²) in [5.74, 6) is -0.0528. The molecule has 1 heterocycles. The van der Waals surface area contributed by atoms with E-state index in [9.17, 15) is 8.42 Å². The highest BCUT2D eigenvalue weighted by Crippen LogP contribution is 2.27. The second-order valence-electron chi connectivity index (χ2n) is 4.84. The van der Waals surface area contributed by atoms with E-state index in [1.807, 2.05) is 43.3 Å². The quantitative estimate of drug-likeness (QED) is 0.800. The molecule has 0 saturated carbocycles. The van der Waals surface area contributed by atoms with Gasteiger partial charge in [-0.3, -0.25) is 4.72 Å². The molecule has 3 rings (SSSR count). The molecule has 4 nitrogen and oxygen atoms in total. The number of nitrogens with zero attached hydrogens (tertiary/aromatic N) is 1. The molecule has 0 aliphatic rings. The number of thiazole rings is 1. The van der Waals surface area contributed by atoms with Gasteiger partial charge in [-0.05, 0) is 30.2 Å². The molecule has 0 aliphatic carbocycles. The first-order chi connectivity index (χ1) is 10.0. The third-order valence-corrected chi connectivity index (χ3v) is 5.27. The summed E-state index contributed by atoms with van der Waals surface area (Å²) in [6.45, 7) is 2.00. The second-order valence-corrected chi connectivity index (χ2v) is 7.59. The van der Waals surface area contributed by atoms with Crippen LogP contribution < -0.4 is 4.72 Å². The number of nitrogens with one attached hydrogen (secondary N) is 1. The zero-order chi connectivity index (χ0) is 14.9. The van der Waals surface area contributed by atoms with Gasteiger partial charge in [0.05, 0.1) is 16.0 Å². The van der Waals surface area contributed by atoms with E-state index in [1.165, 1.54) is 11.3 Å². The SMILES string of the molecule is Cc1ccc2nc(NS(=O)(=O)Cc3ccccc3)sc2c1. The molecular weight excluding hydrogens is 304 g/mol. The van der Waals surface area contributed by atoms with E-state index in [2.05, 4.69) is 9.71 Å². The van der Waals surface area contributed by atoms with Gasteiger partial charge < -0.3 is 0 Å². The Labute approximate surface area is 127 Å². The lowest BCUT2D eigenvalue weighted by atomic mass is 10.2. The zero-order valence-corrected chi connectivity index (χ0v) is 13.0. The Bertz CT molecular complexity index is 871. The number of hydrogen-bond acceptors (Lipinski definition) is 4. The Kier molecular flexibility index (Phi) is 3.65. The van der Waals surface area contributed by atoms with Crippen LogP contribution >= 0.6 is 11.3 Å². The lowest BCUT2D eigenvalue weighted by molar-refractivity contribution is 0.600. The number of benzene rings is 2. The fourth-order valence-corrected chi connectivity index (χ4v) is 4.42. The summed E-state index contributed by atoms with van der Waals surface area (Å²) in [7, 11) is -3.45. The maximum absolute atomic E-state index is 12.2. The predicted molar refractivity (Wildman–Crippen MR) is 87.0 cm³/mol. The van der Waals surface area contributed by atoms with Gasteiger partial charge in [-0.2, -0.15) is 0 Å². The van der Waals surface area contributed by atoms with E-state index >= 15 is 0 Å². The molecule has 0 amide bonds. The molecule has 0 atom stereocenters. The summed E-state index contributed by atoms with van der Waals surface area (Å²) in [5, 5.41) is 0.409. The molecule has 2 aromatic carbocycles. The van der Waals surface area contributed by atoms with Crippen molar-refractivity contribution in [1.82, 2.24) is 4.98 Å². The molecule has 0 radical (unpaired) electrons. The zero-order valence-electron chi connectivity index (χ0n) is 11.4. The van der Waals surface area contributed by atoms with E-state index in [-0.39, 0.29) is 5.75 Å². The van der Waals surface area contributed by atoms with Gasteiger partial charge in [0.15, 0.2) is 5.13 Å². The first kappa shape index (κ1) is 14.0. The molecule has 3 aromatic rings. The van der Waals surface area contributed by atoms with Crippen LogP contribution in [0, 0.1) is 6.92 Å². The molecule has 0 fully saturated rings. The molecule has 0 bridgehead atoms. The highest BCUT2D eigenvalue weighted by Gasteiger charge is 2.14. The van der Waals surface area contributed by atoms with Crippen molar-refractivity contribution in [2.75, 3.05) is 4.72 Å². The van der Waals surface area contributed by atoms with Crippen LogP contribution in [0.3, 0.4) is 0 Å². The predicted octanol–water partition coefficient (Wildman–Crippen LogP) is 3.55. The van der Waals surface area contributed by atoms with Crippen LogP contribution in [-0.4, -0.2) is 13.4 Å². The van der Waals surface area contributed by atoms with Crippen molar-refractivity contribution in [3.05, 3.63) is 59.7 Å². The Morgan fingerprint density at radius 3 is 2.67 bits per heavy atom. The highest BCUT2D eigenvalue weighted by atomic mass is 32.2. The molecule has 0 unspecified atom stereocenters. The van der Waals surface area contributed by atoms with Gasteiger partial charge in [-0.25, -0.2) is 13.4 Å². The van der Waals surface area contributed by atoms with E-state index in [0.717, 1.165) is 21.3 Å².